The Labute approximate surface area is 161 Å². The van der Waals surface area contributed by atoms with Gasteiger partial charge in [-0.3, -0.25) is 9.69 Å². The Morgan fingerprint density at radius 1 is 1.11 bits per heavy atom. The van der Waals surface area contributed by atoms with Crippen molar-refractivity contribution in [2.75, 3.05) is 26.2 Å². The topological polar surface area (TPSA) is 62.7 Å². The molecule has 27 heavy (non-hydrogen) atoms. The molecule has 2 saturated heterocycles. The molecule has 144 valence electrons. The van der Waals surface area contributed by atoms with Crippen LogP contribution in [-0.2, 0) is 6.54 Å². The molecule has 0 saturated carbocycles. The third-order valence-corrected chi connectivity index (χ3v) is 6.01. The summed E-state index contributed by atoms with van der Waals surface area (Å²) in [6.45, 7) is 6.51. The lowest BCUT2D eigenvalue weighted by Crippen LogP contribution is -2.32. The maximum absolute atomic E-state index is 12.9. The normalized spacial score (nSPS) is 24.4. The van der Waals surface area contributed by atoms with E-state index in [-0.39, 0.29) is 17.9 Å². The highest BCUT2D eigenvalue weighted by Gasteiger charge is 2.35. The van der Waals surface area contributed by atoms with Gasteiger partial charge in [-0.2, -0.15) is 0 Å². The molecule has 2 aliphatic heterocycles. The van der Waals surface area contributed by atoms with E-state index in [1.165, 1.54) is 18.4 Å². The molecule has 2 atom stereocenters. The van der Waals surface area contributed by atoms with Gasteiger partial charge in [-0.15, -0.1) is 0 Å². The lowest BCUT2D eigenvalue weighted by molar-refractivity contribution is 0.0752. The van der Waals surface area contributed by atoms with Crippen LogP contribution in [0.1, 0.15) is 47.6 Å². The zero-order valence-electron chi connectivity index (χ0n) is 16.0. The third kappa shape index (κ3) is 4.09. The van der Waals surface area contributed by atoms with Gasteiger partial charge in [0.05, 0.1) is 6.54 Å². The Morgan fingerprint density at radius 3 is 2.59 bits per heavy atom. The Kier molecular flexibility index (Phi) is 5.32. The molecule has 5 nitrogen and oxygen atoms in total. The summed E-state index contributed by atoms with van der Waals surface area (Å²) in [4.78, 5) is 17.1. The van der Waals surface area contributed by atoms with Gasteiger partial charge in [0.1, 0.15) is 5.76 Å². The van der Waals surface area contributed by atoms with Gasteiger partial charge in [0, 0.05) is 25.0 Å². The molecule has 1 aromatic carbocycles. The number of piperidine rings is 1. The molecule has 0 bridgehead atoms. The van der Waals surface area contributed by atoms with Crippen LogP contribution < -0.4 is 5.73 Å². The van der Waals surface area contributed by atoms with E-state index in [2.05, 4.69) is 24.0 Å². The Hall–Kier alpha value is -2.11. The number of carbonyl (C=O) groups is 1. The highest BCUT2D eigenvalue weighted by atomic mass is 16.4. The number of benzene rings is 1. The second-order valence-electron chi connectivity index (χ2n) is 8.12. The molecule has 1 amide bonds. The monoisotopic (exact) mass is 367 g/mol. The van der Waals surface area contributed by atoms with E-state index in [0.717, 1.165) is 31.3 Å². The number of nitrogens with zero attached hydrogens (tertiary/aromatic N) is 2. The van der Waals surface area contributed by atoms with Gasteiger partial charge < -0.3 is 15.1 Å². The average molecular weight is 367 g/mol. The van der Waals surface area contributed by atoms with Gasteiger partial charge in [0.25, 0.3) is 5.91 Å². The van der Waals surface area contributed by atoms with Crippen LogP contribution in [0.25, 0.3) is 0 Å². The van der Waals surface area contributed by atoms with E-state index in [9.17, 15) is 4.79 Å². The Balaban J connectivity index is 1.38. The van der Waals surface area contributed by atoms with Crippen molar-refractivity contribution in [3.05, 3.63) is 59.5 Å². The first-order valence-electron chi connectivity index (χ1n) is 10.0. The zero-order valence-corrected chi connectivity index (χ0v) is 16.0. The van der Waals surface area contributed by atoms with Gasteiger partial charge >= 0.3 is 0 Å². The minimum absolute atomic E-state index is 0.0406. The summed E-state index contributed by atoms with van der Waals surface area (Å²) in [7, 11) is 0. The van der Waals surface area contributed by atoms with Crippen molar-refractivity contribution in [3.63, 3.8) is 0 Å². The van der Waals surface area contributed by atoms with Gasteiger partial charge in [0.15, 0.2) is 5.76 Å². The minimum Gasteiger partial charge on any atom is -0.455 e. The van der Waals surface area contributed by atoms with Crippen LogP contribution in [0.4, 0.5) is 0 Å². The van der Waals surface area contributed by atoms with Gasteiger partial charge in [-0.25, -0.2) is 0 Å². The zero-order chi connectivity index (χ0) is 18.8. The number of nitrogens with two attached hydrogens (primary N) is 1. The molecule has 0 aliphatic carbocycles. The summed E-state index contributed by atoms with van der Waals surface area (Å²) < 4.78 is 5.89. The molecule has 5 heteroatoms. The summed E-state index contributed by atoms with van der Waals surface area (Å²) in [6.07, 6.45) is 2.47. The maximum Gasteiger partial charge on any atom is 0.289 e. The predicted octanol–water partition coefficient (Wildman–Crippen LogP) is 3.08. The highest BCUT2D eigenvalue weighted by Crippen LogP contribution is 2.28. The van der Waals surface area contributed by atoms with E-state index < -0.39 is 0 Å². The van der Waals surface area contributed by atoms with Crippen LogP contribution in [0.2, 0.25) is 0 Å². The van der Waals surface area contributed by atoms with E-state index in [4.69, 9.17) is 10.2 Å². The smallest absolute Gasteiger partial charge is 0.289 e. The van der Waals surface area contributed by atoms with Gasteiger partial charge in [-0.1, -0.05) is 37.3 Å². The van der Waals surface area contributed by atoms with Crippen molar-refractivity contribution in [1.82, 2.24) is 9.80 Å². The van der Waals surface area contributed by atoms with Crippen LogP contribution >= 0.6 is 0 Å². The second kappa shape index (κ2) is 7.87. The summed E-state index contributed by atoms with van der Waals surface area (Å²) in [5.41, 5.74) is 7.52. The molecule has 2 N–H and O–H groups in total. The van der Waals surface area contributed by atoms with Crippen LogP contribution in [-0.4, -0.2) is 47.9 Å². The Morgan fingerprint density at radius 2 is 1.85 bits per heavy atom. The van der Waals surface area contributed by atoms with Crippen molar-refractivity contribution >= 4 is 5.91 Å². The number of carbonyl (C=O) groups excluding carboxylic acids is 1. The molecule has 2 aromatic rings. The fraction of sp³-hybridized carbons (Fsp3) is 0.500. The Bertz CT molecular complexity index is 765. The predicted molar refractivity (Wildman–Crippen MR) is 105 cm³/mol. The molecule has 2 aliphatic rings. The summed E-state index contributed by atoms with van der Waals surface area (Å²) in [5.74, 6) is 2.24. The molecule has 2 fully saturated rings. The van der Waals surface area contributed by atoms with Crippen molar-refractivity contribution in [1.29, 1.82) is 0 Å². The molecule has 4 rings (SSSR count). The van der Waals surface area contributed by atoms with Gasteiger partial charge in [0.2, 0.25) is 0 Å². The second-order valence-corrected chi connectivity index (χ2v) is 8.12. The summed E-state index contributed by atoms with van der Waals surface area (Å²) in [6, 6.07) is 13.9. The highest BCUT2D eigenvalue weighted by molar-refractivity contribution is 5.91. The lowest BCUT2D eigenvalue weighted by Gasteiger charge is -2.29. The fourth-order valence-corrected chi connectivity index (χ4v) is 4.22. The van der Waals surface area contributed by atoms with Crippen LogP contribution in [0.5, 0.6) is 0 Å². The standard InChI is InChI=1S/C22H29N3O2/c1-16-9-11-24(12-10-16)13-18-7-8-21(27-18)22(26)25-14-19(20(23)15-25)17-5-3-2-4-6-17/h2-8,16,19-20H,9-15,23H2,1H3. The van der Waals surface area contributed by atoms with Crippen molar-refractivity contribution in [3.8, 4) is 0 Å². The van der Waals surface area contributed by atoms with Gasteiger partial charge in [-0.05, 0) is 49.5 Å². The lowest BCUT2D eigenvalue weighted by atomic mass is 9.95. The number of likely N-dealkylation sites (tertiary alicyclic amines) is 2. The van der Waals surface area contributed by atoms with Crippen LogP contribution in [0, 0.1) is 5.92 Å². The fourth-order valence-electron chi connectivity index (χ4n) is 4.22. The molecule has 0 radical (unpaired) electrons. The molecule has 1 aromatic heterocycles. The number of furan rings is 1. The SMILES string of the molecule is CC1CCN(Cc2ccc(C(=O)N3CC(N)C(c4ccccc4)C3)o2)CC1. The average Bonchev–Trinajstić information content (AvgIpc) is 3.30. The van der Waals surface area contributed by atoms with Crippen molar-refractivity contribution in [2.24, 2.45) is 11.7 Å². The van der Waals surface area contributed by atoms with Crippen LogP contribution in [0.15, 0.2) is 46.9 Å². The number of hydrogen-bond donors (Lipinski definition) is 1. The maximum atomic E-state index is 12.9. The first kappa shape index (κ1) is 18.3. The molecule has 2 unspecified atom stereocenters. The molecular weight excluding hydrogens is 338 g/mol. The van der Waals surface area contributed by atoms with Crippen LogP contribution in [0.3, 0.4) is 0 Å². The van der Waals surface area contributed by atoms with E-state index in [1.807, 2.05) is 35.2 Å². The number of hydrogen-bond acceptors (Lipinski definition) is 4. The molecular formula is C22H29N3O2. The largest absolute Gasteiger partial charge is 0.455 e. The first-order chi connectivity index (χ1) is 13.1. The number of amides is 1. The van der Waals surface area contributed by atoms with E-state index in [1.54, 1.807) is 0 Å². The van der Waals surface area contributed by atoms with E-state index in [0.29, 0.717) is 18.8 Å². The summed E-state index contributed by atoms with van der Waals surface area (Å²) >= 11 is 0. The minimum atomic E-state index is -0.0533. The third-order valence-electron chi connectivity index (χ3n) is 6.01. The quantitative estimate of drug-likeness (QED) is 0.902. The first-order valence-corrected chi connectivity index (χ1v) is 10.0. The molecule has 0 spiro atoms. The molecule has 3 heterocycles. The summed E-state index contributed by atoms with van der Waals surface area (Å²) in [5, 5.41) is 0. The van der Waals surface area contributed by atoms with E-state index >= 15 is 0 Å². The van der Waals surface area contributed by atoms with Crippen molar-refractivity contribution in [2.45, 2.75) is 38.3 Å². The van der Waals surface area contributed by atoms with Crippen molar-refractivity contribution < 1.29 is 9.21 Å². The number of rotatable bonds is 4.